The van der Waals surface area contributed by atoms with Gasteiger partial charge in [0.15, 0.2) is 11.1 Å². The molecule has 0 aliphatic rings. The van der Waals surface area contributed by atoms with Gasteiger partial charge in [-0.25, -0.2) is 4.21 Å². The third-order valence-electron chi connectivity index (χ3n) is 1.25. The summed E-state index contributed by atoms with van der Waals surface area (Å²) in [6.07, 6.45) is 0. The maximum Gasteiger partial charge on any atom is 1.00 e. The summed E-state index contributed by atoms with van der Waals surface area (Å²) in [6.45, 7) is 0. The predicted molar refractivity (Wildman–Crippen MR) is 42.1 cm³/mol. The monoisotopic (exact) mass is 226 g/mol. The maximum atomic E-state index is 10.4. The molecule has 1 aromatic rings. The summed E-state index contributed by atoms with van der Waals surface area (Å²) < 4.78 is 19.0. The van der Waals surface area contributed by atoms with Gasteiger partial charge >= 0.3 is 51.4 Å². The van der Waals surface area contributed by atoms with E-state index in [1.54, 1.807) is 0 Å². The van der Waals surface area contributed by atoms with Gasteiger partial charge in [0.05, 0.1) is 9.82 Å². The predicted octanol–water partition coefficient (Wildman–Crippen LogP) is -1.82. The molecular weight excluding hydrogens is 221 g/mol. The van der Waals surface area contributed by atoms with Gasteiger partial charge in [0.25, 0.3) is 5.69 Å². The average Bonchev–Trinajstić information content (AvgIpc) is 2.04. The molecule has 0 aliphatic carbocycles. The third-order valence-corrected chi connectivity index (χ3v) is 1.92. The van der Waals surface area contributed by atoms with E-state index in [9.17, 15) is 14.3 Å². The van der Waals surface area contributed by atoms with Crippen molar-refractivity contribution in [3.8, 4) is 0 Å². The molecule has 0 amide bonds. The number of benzene rings is 1. The molecule has 0 saturated heterocycles. The topological polar surface area (TPSA) is 80.4 Å². The van der Waals surface area contributed by atoms with Crippen molar-refractivity contribution in [2.75, 3.05) is 0 Å². The number of nitro benzene ring substituents is 1. The van der Waals surface area contributed by atoms with Crippen LogP contribution in [0.3, 0.4) is 0 Å². The van der Waals surface area contributed by atoms with Crippen LogP contribution in [0.25, 0.3) is 0 Å². The summed E-state index contributed by atoms with van der Waals surface area (Å²) in [5.74, 6) is 0. The molecule has 64 valence electrons. The van der Waals surface area contributed by atoms with Gasteiger partial charge in [0, 0.05) is 12.1 Å². The Labute approximate surface area is 119 Å². The van der Waals surface area contributed by atoms with E-state index in [1.165, 1.54) is 24.3 Å². The van der Waals surface area contributed by atoms with Crippen molar-refractivity contribution in [3.63, 3.8) is 0 Å². The van der Waals surface area contributed by atoms with Crippen LogP contribution in [-0.4, -0.2) is 13.7 Å². The number of nitro groups is 1. The molecular formula is C6H5KNO4S+. The molecule has 1 atom stereocenters. The quantitative estimate of drug-likeness (QED) is 0.279. The number of hydrogen-bond acceptors (Lipinski definition) is 3. The zero-order valence-electron chi connectivity index (χ0n) is 6.84. The van der Waals surface area contributed by atoms with Crippen LogP contribution in [0.5, 0.6) is 0 Å². The van der Waals surface area contributed by atoms with Crippen LogP contribution in [0.2, 0.25) is 0 Å². The second kappa shape index (κ2) is 5.96. The van der Waals surface area contributed by atoms with Crippen LogP contribution in [0.1, 0.15) is 0 Å². The van der Waals surface area contributed by atoms with Gasteiger partial charge in [-0.1, -0.05) is 0 Å². The molecule has 1 rings (SSSR count). The molecule has 0 heterocycles. The van der Waals surface area contributed by atoms with E-state index in [-0.39, 0.29) is 62.0 Å². The molecule has 0 aliphatic heterocycles. The number of hydrogen-bond donors (Lipinski definition) is 1. The summed E-state index contributed by atoms with van der Waals surface area (Å²) in [5.41, 5.74) is -0.0933. The second-order valence-electron chi connectivity index (χ2n) is 2.00. The first kappa shape index (κ1) is 13.4. The Hall–Kier alpha value is 0.366. The van der Waals surface area contributed by atoms with E-state index in [4.69, 9.17) is 4.55 Å². The maximum absolute atomic E-state index is 10.4. The van der Waals surface area contributed by atoms with Crippen LogP contribution < -0.4 is 51.4 Å². The van der Waals surface area contributed by atoms with Gasteiger partial charge in [-0.2, -0.15) is 0 Å². The first-order chi connectivity index (χ1) is 5.61. The Morgan fingerprint density at radius 1 is 1.31 bits per heavy atom. The fraction of sp³-hybridized carbons (Fsp3) is 0. The SMILES string of the molecule is O=[N+]([O-])c1ccc(S(=O)O)cc1.[K+]. The summed E-state index contributed by atoms with van der Waals surface area (Å²) >= 11 is -2.07. The summed E-state index contributed by atoms with van der Waals surface area (Å²) in [7, 11) is 0. The van der Waals surface area contributed by atoms with Crippen molar-refractivity contribution in [1.82, 2.24) is 0 Å². The minimum Gasteiger partial charge on any atom is -0.302 e. The molecule has 0 aromatic heterocycles. The van der Waals surface area contributed by atoms with Gasteiger partial charge in [-0.05, 0) is 12.1 Å². The Balaban J connectivity index is 0.00000144. The van der Waals surface area contributed by atoms with Crippen LogP contribution in [0.15, 0.2) is 29.2 Å². The molecule has 0 saturated carbocycles. The Bertz CT molecular complexity index is 293. The van der Waals surface area contributed by atoms with E-state index in [1.807, 2.05) is 0 Å². The molecule has 1 N–H and O–H groups in total. The van der Waals surface area contributed by atoms with Gasteiger partial charge in [-0.3, -0.25) is 10.1 Å². The summed E-state index contributed by atoms with van der Waals surface area (Å²) in [6, 6.07) is 4.86. The molecule has 1 unspecified atom stereocenters. The van der Waals surface area contributed by atoms with E-state index in [0.717, 1.165) is 0 Å². The van der Waals surface area contributed by atoms with Gasteiger partial charge in [0.1, 0.15) is 0 Å². The second-order valence-corrected chi connectivity index (χ2v) is 2.97. The first-order valence-corrected chi connectivity index (χ1v) is 4.07. The van der Waals surface area contributed by atoms with Crippen LogP contribution in [-0.2, 0) is 11.1 Å². The Morgan fingerprint density at radius 3 is 2.08 bits per heavy atom. The van der Waals surface area contributed by atoms with Crippen molar-refractivity contribution in [2.45, 2.75) is 4.90 Å². The van der Waals surface area contributed by atoms with Crippen LogP contribution >= 0.6 is 0 Å². The van der Waals surface area contributed by atoms with Crippen molar-refractivity contribution < 1.29 is 65.1 Å². The minimum absolute atomic E-state index is 0. The Kier molecular flexibility index (Phi) is 6.13. The zero-order chi connectivity index (χ0) is 9.14. The van der Waals surface area contributed by atoms with Crippen molar-refractivity contribution in [3.05, 3.63) is 34.4 Å². The zero-order valence-corrected chi connectivity index (χ0v) is 10.8. The molecule has 7 heteroatoms. The molecule has 0 bridgehead atoms. The number of nitrogens with zero attached hydrogens (tertiary/aromatic N) is 1. The fourth-order valence-corrected chi connectivity index (χ4v) is 1.05. The van der Waals surface area contributed by atoms with E-state index < -0.39 is 16.0 Å². The normalized spacial score (nSPS) is 11.5. The average molecular weight is 226 g/mol. The van der Waals surface area contributed by atoms with Crippen molar-refractivity contribution in [2.24, 2.45) is 0 Å². The molecule has 0 radical (unpaired) electrons. The molecule has 5 nitrogen and oxygen atoms in total. The standard InChI is InChI=1S/C6H5NO4S.K/c8-7(9)5-1-3-6(4-2-5)12(10)11;/h1-4H,(H,10,11);/q;+1. The number of non-ortho nitro benzene ring substituents is 1. The summed E-state index contributed by atoms with van der Waals surface area (Å²) in [4.78, 5) is 9.74. The molecule has 0 spiro atoms. The van der Waals surface area contributed by atoms with Gasteiger partial charge in [-0.15, -0.1) is 0 Å². The summed E-state index contributed by atoms with van der Waals surface area (Å²) in [5, 5.41) is 10.1. The first-order valence-electron chi connectivity index (χ1n) is 2.96. The van der Waals surface area contributed by atoms with Gasteiger partial charge < -0.3 is 4.55 Å². The van der Waals surface area contributed by atoms with Crippen molar-refractivity contribution >= 4 is 16.8 Å². The van der Waals surface area contributed by atoms with E-state index in [0.29, 0.717) is 0 Å². The molecule has 13 heavy (non-hydrogen) atoms. The van der Waals surface area contributed by atoms with Crippen LogP contribution in [0, 0.1) is 10.1 Å². The Morgan fingerprint density at radius 2 is 1.77 bits per heavy atom. The largest absolute Gasteiger partial charge is 1.00 e. The van der Waals surface area contributed by atoms with Crippen LogP contribution in [0.4, 0.5) is 5.69 Å². The smallest absolute Gasteiger partial charge is 0.302 e. The van der Waals surface area contributed by atoms with Gasteiger partial charge in [0.2, 0.25) is 0 Å². The number of rotatable bonds is 2. The molecule has 1 aromatic carbocycles. The van der Waals surface area contributed by atoms with Crippen molar-refractivity contribution in [1.29, 1.82) is 0 Å². The van der Waals surface area contributed by atoms with E-state index in [2.05, 4.69) is 0 Å². The van der Waals surface area contributed by atoms with E-state index >= 15 is 0 Å². The fourth-order valence-electron chi connectivity index (χ4n) is 0.684. The minimum atomic E-state index is -2.07. The third kappa shape index (κ3) is 3.94. The molecule has 0 fully saturated rings.